The Bertz CT molecular complexity index is 477. The highest BCUT2D eigenvalue weighted by molar-refractivity contribution is 7.90. The van der Waals surface area contributed by atoms with Crippen LogP contribution in [0.5, 0.6) is 0 Å². The Kier molecular flexibility index (Phi) is 4.64. The number of hydrogen-bond donors (Lipinski definition) is 1. The first-order valence-electron chi connectivity index (χ1n) is 4.83. The second kappa shape index (κ2) is 5.78. The number of aromatic carboxylic acids is 1. The largest absolute Gasteiger partial charge is 0.476 e. The van der Waals surface area contributed by atoms with E-state index in [-0.39, 0.29) is 23.0 Å². The van der Waals surface area contributed by atoms with Crippen LogP contribution in [-0.4, -0.2) is 44.1 Å². The zero-order valence-electron chi connectivity index (χ0n) is 9.25. The fraction of sp³-hybridized carbons (Fsp3) is 0.556. The summed E-state index contributed by atoms with van der Waals surface area (Å²) in [7, 11) is -1.84. The molecule has 0 atom stereocenters. The lowest BCUT2D eigenvalue weighted by Gasteiger charge is -2.00. The Balaban J connectivity index is 2.60. The zero-order chi connectivity index (χ0) is 12.9. The Morgan fingerprint density at radius 1 is 1.59 bits per heavy atom. The molecule has 0 aliphatic carbocycles. The molecule has 0 saturated heterocycles. The van der Waals surface area contributed by atoms with E-state index in [4.69, 9.17) is 9.84 Å². The number of nitrogens with zero attached hydrogens (tertiary/aromatic N) is 1. The molecule has 0 saturated carbocycles. The second-order valence-corrected chi connectivity index (χ2v) is 5.61. The van der Waals surface area contributed by atoms with E-state index in [9.17, 15) is 13.2 Å². The molecular formula is C9H13NO6S. The van der Waals surface area contributed by atoms with Crippen molar-refractivity contribution in [1.82, 2.24) is 5.16 Å². The third-order valence-corrected chi connectivity index (χ3v) is 3.58. The number of carbonyl (C=O) groups is 1. The normalized spacial score (nSPS) is 11.6. The average Bonchev–Trinajstić information content (AvgIpc) is 2.65. The van der Waals surface area contributed by atoms with E-state index in [2.05, 4.69) is 9.68 Å². The van der Waals surface area contributed by atoms with Gasteiger partial charge in [0, 0.05) is 19.8 Å². The van der Waals surface area contributed by atoms with Gasteiger partial charge in [-0.2, -0.15) is 0 Å². The summed E-state index contributed by atoms with van der Waals surface area (Å²) in [6.45, 7) is 0.357. The van der Waals surface area contributed by atoms with E-state index in [0.717, 1.165) is 6.07 Å². The van der Waals surface area contributed by atoms with E-state index in [1.807, 2.05) is 0 Å². The molecule has 0 aliphatic rings. The molecule has 8 heteroatoms. The molecule has 17 heavy (non-hydrogen) atoms. The van der Waals surface area contributed by atoms with Gasteiger partial charge in [0.25, 0.3) is 0 Å². The molecule has 1 N–H and O–H groups in total. The van der Waals surface area contributed by atoms with Crippen molar-refractivity contribution >= 4 is 15.8 Å². The molecule has 0 fully saturated rings. The fourth-order valence-corrected chi connectivity index (χ4v) is 2.47. The molecule has 1 heterocycles. The number of ether oxygens (including phenoxy) is 1. The Hall–Kier alpha value is -1.41. The molecule has 7 nitrogen and oxygen atoms in total. The molecule has 96 valence electrons. The van der Waals surface area contributed by atoms with Gasteiger partial charge in [-0.1, -0.05) is 5.16 Å². The second-order valence-electron chi connectivity index (χ2n) is 3.42. The highest BCUT2D eigenvalue weighted by Gasteiger charge is 2.17. The number of carboxylic acids is 1. The SMILES string of the molecule is COCCCS(=O)(=O)Cc1cc(C(=O)O)no1. The summed E-state index contributed by atoms with van der Waals surface area (Å²) in [6, 6.07) is 1.11. The number of hydrogen-bond acceptors (Lipinski definition) is 6. The topological polar surface area (TPSA) is 107 Å². The van der Waals surface area contributed by atoms with Crippen LogP contribution >= 0.6 is 0 Å². The van der Waals surface area contributed by atoms with Gasteiger partial charge in [-0.15, -0.1) is 0 Å². The van der Waals surface area contributed by atoms with Crippen LogP contribution in [0.3, 0.4) is 0 Å². The molecule has 0 unspecified atom stereocenters. The van der Waals surface area contributed by atoms with Gasteiger partial charge in [0.2, 0.25) is 0 Å². The third kappa shape index (κ3) is 4.53. The van der Waals surface area contributed by atoms with Gasteiger partial charge in [0.05, 0.1) is 5.75 Å². The number of sulfone groups is 1. The van der Waals surface area contributed by atoms with Crippen LogP contribution in [0.2, 0.25) is 0 Å². The third-order valence-electron chi connectivity index (χ3n) is 1.94. The molecule has 1 rings (SSSR count). The van der Waals surface area contributed by atoms with Crippen molar-refractivity contribution in [1.29, 1.82) is 0 Å². The number of methoxy groups -OCH3 is 1. The molecule has 0 aromatic carbocycles. The quantitative estimate of drug-likeness (QED) is 0.706. The minimum absolute atomic E-state index is 0.0276. The highest BCUT2D eigenvalue weighted by Crippen LogP contribution is 2.09. The minimum Gasteiger partial charge on any atom is -0.476 e. The molecule has 0 amide bonds. The number of carboxylic acid groups (broad SMARTS) is 1. The molecule has 1 aromatic heterocycles. The van der Waals surface area contributed by atoms with E-state index in [1.165, 1.54) is 7.11 Å². The van der Waals surface area contributed by atoms with Crippen molar-refractivity contribution in [2.75, 3.05) is 19.5 Å². The maximum absolute atomic E-state index is 11.6. The van der Waals surface area contributed by atoms with Crippen LogP contribution in [0.1, 0.15) is 22.7 Å². The van der Waals surface area contributed by atoms with Gasteiger partial charge in [-0.3, -0.25) is 0 Å². The van der Waals surface area contributed by atoms with Crippen molar-refractivity contribution in [2.45, 2.75) is 12.2 Å². The Morgan fingerprint density at radius 3 is 2.82 bits per heavy atom. The van der Waals surface area contributed by atoms with Crippen LogP contribution in [0, 0.1) is 0 Å². The maximum Gasteiger partial charge on any atom is 0.358 e. The Labute approximate surface area is 98.3 Å². The molecular weight excluding hydrogens is 250 g/mol. The zero-order valence-corrected chi connectivity index (χ0v) is 10.1. The van der Waals surface area contributed by atoms with Crippen molar-refractivity contribution in [3.8, 4) is 0 Å². The monoisotopic (exact) mass is 263 g/mol. The highest BCUT2D eigenvalue weighted by atomic mass is 32.2. The van der Waals surface area contributed by atoms with Gasteiger partial charge in [0.1, 0.15) is 5.75 Å². The predicted molar refractivity (Wildman–Crippen MR) is 57.4 cm³/mol. The van der Waals surface area contributed by atoms with E-state index >= 15 is 0 Å². The van der Waals surface area contributed by atoms with Crippen molar-refractivity contribution in [3.63, 3.8) is 0 Å². The van der Waals surface area contributed by atoms with Gasteiger partial charge in [-0.05, 0) is 6.42 Å². The average molecular weight is 263 g/mol. The summed E-state index contributed by atoms with van der Waals surface area (Å²) in [5, 5.41) is 11.8. The summed E-state index contributed by atoms with van der Waals surface area (Å²) in [5.74, 6) is -1.61. The standard InChI is InChI=1S/C9H13NO6S/c1-15-3-2-4-17(13,14)6-7-5-8(9(11)12)10-16-7/h5H,2-4,6H2,1H3,(H,11,12). The fourth-order valence-electron chi connectivity index (χ4n) is 1.19. The molecule has 1 aromatic rings. The van der Waals surface area contributed by atoms with Crippen LogP contribution in [0.4, 0.5) is 0 Å². The Morgan fingerprint density at radius 2 is 2.29 bits per heavy atom. The maximum atomic E-state index is 11.6. The number of rotatable bonds is 7. The van der Waals surface area contributed by atoms with Crippen molar-refractivity contribution < 1.29 is 27.6 Å². The summed E-state index contributed by atoms with van der Waals surface area (Å²) in [6.07, 6.45) is 0.388. The van der Waals surface area contributed by atoms with Crippen LogP contribution in [0.25, 0.3) is 0 Å². The van der Waals surface area contributed by atoms with Crippen molar-refractivity contribution in [2.24, 2.45) is 0 Å². The van der Waals surface area contributed by atoms with E-state index in [0.29, 0.717) is 13.0 Å². The lowest BCUT2D eigenvalue weighted by atomic mass is 10.4. The van der Waals surface area contributed by atoms with Gasteiger partial charge in [-0.25, -0.2) is 13.2 Å². The van der Waals surface area contributed by atoms with Gasteiger partial charge < -0.3 is 14.4 Å². The van der Waals surface area contributed by atoms with E-state index in [1.54, 1.807) is 0 Å². The summed E-state index contributed by atoms with van der Waals surface area (Å²) >= 11 is 0. The summed E-state index contributed by atoms with van der Waals surface area (Å²) in [5.41, 5.74) is -0.299. The molecule has 0 radical (unpaired) electrons. The van der Waals surface area contributed by atoms with Gasteiger partial charge in [0.15, 0.2) is 21.3 Å². The first-order chi connectivity index (χ1) is 7.94. The van der Waals surface area contributed by atoms with Crippen LogP contribution < -0.4 is 0 Å². The smallest absolute Gasteiger partial charge is 0.358 e. The predicted octanol–water partition coefficient (Wildman–Crippen LogP) is 0.324. The summed E-state index contributed by atoms with van der Waals surface area (Å²) in [4.78, 5) is 10.5. The van der Waals surface area contributed by atoms with Crippen LogP contribution in [-0.2, 0) is 20.3 Å². The minimum atomic E-state index is -3.33. The van der Waals surface area contributed by atoms with Crippen LogP contribution in [0.15, 0.2) is 10.6 Å². The molecule has 0 spiro atoms. The van der Waals surface area contributed by atoms with Gasteiger partial charge >= 0.3 is 5.97 Å². The van der Waals surface area contributed by atoms with E-state index < -0.39 is 15.8 Å². The molecule has 0 aliphatic heterocycles. The lowest BCUT2D eigenvalue weighted by Crippen LogP contribution is -2.10. The molecule has 0 bridgehead atoms. The first kappa shape index (κ1) is 13.7. The summed E-state index contributed by atoms with van der Waals surface area (Å²) < 4.78 is 32.5. The lowest BCUT2D eigenvalue weighted by molar-refractivity contribution is 0.0685. The van der Waals surface area contributed by atoms with Crippen molar-refractivity contribution in [3.05, 3.63) is 17.5 Å². The number of aromatic nitrogens is 1. The first-order valence-corrected chi connectivity index (χ1v) is 6.65.